The second kappa shape index (κ2) is 5.09. The summed E-state index contributed by atoms with van der Waals surface area (Å²) in [6.45, 7) is 0. The summed E-state index contributed by atoms with van der Waals surface area (Å²) < 4.78 is 18.6. The number of nitrogens with zero attached hydrogens (tertiary/aromatic N) is 2. The molecule has 0 saturated heterocycles. The van der Waals surface area contributed by atoms with E-state index < -0.39 is 10.7 Å². The maximum absolute atomic E-state index is 13.0. The van der Waals surface area contributed by atoms with Crippen molar-refractivity contribution in [2.45, 2.75) is 0 Å². The third kappa shape index (κ3) is 2.80. The highest BCUT2D eigenvalue weighted by molar-refractivity contribution is 9.10. The van der Waals surface area contributed by atoms with Crippen molar-refractivity contribution < 1.29 is 14.1 Å². The molecule has 0 aliphatic heterocycles. The van der Waals surface area contributed by atoms with Gasteiger partial charge in [-0.2, -0.15) is 0 Å². The van der Waals surface area contributed by atoms with E-state index in [-0.39, 0.29) is 16.0 Å². The van der Waals surface area contributed by atoms with Gasteiger partial charge < -0.3 is 4.74 Å². The van der Waals surface area contributed by atoms with Crippen LogP contribution < -0.4 is 4.74 Å². The maximum atomic E-state index is 13.0. The van der Waals surface area contributed by atoms with E-state index in [0.717, 1.165) is 6.20 Å². The van der Waals surface area contributed by atoms with Crippen molar-refractivity contribution in [2.75, 3.05) is 0 Å². The molecule has 18 heavy (non-hydrogen) atoms. The summed E-state index contributed by atoms with van der Waals surface area (Å²) in [6.07, 6.45) is 1.09. The summed E-state index contributed by atoms with van der Waals surface area (Å²) in [5.74, 6) is 0.169. The molecular formula is C11H6BrFN2O3. The molecule has 1 aromatic carbocycles. The first kappa shape index (κ1) is 12.4. The molecule has 1 heterocycles. The van der Waals surface area contributed by atoms with Crippen molar-refractivity contribution in [3.63, 3.8) is 0 Å². The molecule has 1 aromatic heterocycles. The summed E-state index contributed by atoms with van der Waals surface area (Å²) in [5, 5.41) is 10.4. The molecule has 0 atom stereocenters. The van der Waals surface area contributed by atoms with Gasteiger partial charge >= 0.3 is 0 Å². The van der Waals surface area contributed by atoms with Crippen LogP contribution in [-0.4, -0.2) is 9.91 Å². The second-order valence-corrected chi connectivity index (χ2v) is 4.14. The van der Waals surface area contributed by atoms with Crippen molar-refractivity contribution in [3.05, 3.63) is 56.9 Å². The summed E-state index contributed by atoms with van der Waals surface area (Å²) in [5.41, 5.74) is -0.123. The Morgan fingerprint density at radius 3 is 2.67 bits per heavy atom. The van der Waals surface area contributed by atoms with Gasteiger partial charge in [0.25, 0.3) is 5.69 Å². The summed E-state index contributed by atoms with van der Waals surface area (Å²) >= 11 is 3.03. The molecule has 2 rings (SSSR count). The van der Waals surface area contributed by atoms with Crippen LogP contribution in [0.2, 0.25) is 0 Å². The normalized spacial score (nSPS) is 10.1. The maximum Gasteiger partial charge on any atom is 0.287 e. The molecule has 0 N–H and O–H groups in total. The van der Waals surface area contributed by atoms with Crippen LogP contribution in [0.5, 0.6) is 11.6 Å². The molecule has 0 bridgehead atoms. The van der Waals surface area contributed by atoms with Crippen LogP contribution in [0.3, 0.4) is 0 Å². The first-order valence-electron chi connectivity index (χ1n) is 4.79. The molecule has 7 heteroatoms. The SMILES string of the molecule is O=[N+]([O-])c1ccc(Oc2ccc(F)c(Br)c2)nc1. The van der Waals surface area contributed by atoms with Crippen LogP contribution in [0.1, 0.15) is 0 Å². The smallest absolute Gasteiger partial charge is 0.287 e. The standard InChI is InChI=1S/C11H6BrFN2O3/c12-9-5-8(2-3-10(9)13)18-11-4-1-7(6-14-11)15(16)17/h1-6H. The molecule has 0 aliphatic carbocycles. The number of hydrogen-bond acceptors (Lipinski definition) is 4. The van der Waals surface area contributed by atoms with E-state index in [9.17, 15) is 14.5 Å². The van der Waals surface area contributed by atoms with Crippen LogP contribution >= 0.6 is 15.9 Å². The van der Waals surface area contributed by atoms with E-state index >= 15 is 0 Å². The predicted octanol–water partition coefficient (Wildman–Crippen LogP) is 3.68. The Hall–Kier alpha value is -2.02. The van der Waals surface area contributed by atoms with E-state index in [1.165, 1.54) is 30.3 Å². The van der Waals surface area contributed by atoms with Crippen molar-refractivity contribution in [3.8, 4) is 11.6 Å². The van der Waals surface area contributed by atoms with Gasteiger partial charge in [0, 0.05) is 12.1 Å². The number of halogens is 2. The third-order valence-electron chi connectivity index (χ3n) is 2.05. The number of rotatable bonds is 3. The lowest BCUT2D eigenvalue weighted by molar-refractivity contribution is -0.385. The van der Waals surface area contributed by atoms with E-state index in [4.69, 9.17) is 4.74 Å². The second-order valence-electron chi connectivity index (χ2n) is 3.29. The van der Waals surface area contributed by atoms with E-state index in [1.807, 2.05) is 0 Å². The van der Waals surface area contributed by atoms with Gasteiger partial charge in [-0.25, -0.2) is 9.37 Å². The average molecular weight is 313 g/mol. The minimum atomic E-state index is -0.550. The molecule has 2 aromatic rings. The molecule has 0 saturated carbocycles. The number of benzene rings is 1. The lowest BCUT2D eigenvalue weighted by Crippen LogP contribution is -1.91. The Labute approximate surface area is 110 Å². The Morgan fingerprint density at radius 1 is 1.33 bits per heavy atom. The fourth-order valence-electron chi connectivity index (χ4n) is 1.20. The number of aromatic nitrogens is 1. The van der Waals surface area contributed by atoms with Crippen LogP contribution in [0.15, 0.2) is 41.0 Å². The molecule has 0 spiro atoms. The predicted molar refractivity (Wildman–Crippen MR) is 65.1 cm³/mol. The number of nitro groups is 1. The van der Waals surface area contributed by atoms with Crippen molar-refractivity contribution >= 4 is 21.6 Å². The minimum absolute atomic E-state index is 0.123. The van der Waals surface area contributed by atoms with Crippen LogP contribution in [0.25, 0.3) is 0 Å². The molecule has 0 aliphatic rings. The van der Waals surface area contributed by atoms with E-state index in [0.29, 0.717) is 5.75 Å². The first-order chi connectivity index (χ1) is 8.56. The summed E-state index contributed by atoms with van der Waals surface area (Å²) in [7, 11) is 0. The Morgan fingerprint density at radius 2 is 2.11 bits per heavy atom. The number of pyridine rings is 1. The Balaban J connectivity index is 2.18. The van der Waals surface area contributed by atoms with Gasteiger partial charge in [-0.3, -0.25) is 10.1 Å². The average Bonchev–Trinajstić information content (AvgIpc) is 2.34. The van der Waals surface area contributed by atoms with Gasteiger partial charge in [0.1, 0.15) is 17.8 Å². The van der Waals surface area contributed by atoms with E-state index in [1.54, 1.807) is 0 Å². The zero-order valence-electron chi connectivity index (χ0n) is 8.84. The fourth-order valence-corrected chi connectivity index (χ4v) is 1.56. The highest BCUT2D eigenvalue weighted by atomic mass is 79.9. The summed E-state index contributed by atoms with van der Waals surface area (Å²) in [6, 6.07) is 6.77. The minimum Gasteiger partial charge on any atom is -0.439 e. The van der Waals surface area contributed by atoms with Crippen LogP contribution in [-0.2, 0) is 0 Å². The van der Waals surface area contributed by atoms with Crippen LogP contribution in [0, 0.1) is 15.9 Å². The topological polar surface area (TPSA) is 65.3 Å². The monoisotopic (exact) mass is 312 g/mol. The van der Waals surface area contributed by atoms with Gasteiger partial charge in [0.2, 0.25) is 5.88 Å². The molecule has 0 unspecified atom stereocenters. The quantitative estimate of drug-likeness (QED) is 0.640. The van der Waals surface area contributed by atoms with Gasteiger partial charge in [-0.15, -0.1) is 0 Å². The van der Waals surface area contributed by atoms with Crippen molar-refractivity contribution in [1.82, 2.24) is 4.98 Å². The van der Waals surface area contributed by atoms with Gasteiger partial charge in [0.15, 0.2) is 0 Å². The molecule has 92 valence electrons. The van der Waals surface area contributed by atoms with Crippen molar-refractivity contribution in [1.29, 1.82) is 0 Å². The zero-order chi connectivity index (χ0) is 13.1. The highest BCUT2D eigenvalue weighted by Crippen LogP contribution is 2.25. The van der Waals surface area contributed by atoms with Gasteiger partial charge in [-0.1, -0.05) is 0 Å². The first-order valence-corrected chi connectivity index (χ1v) is 5.59. The van der Waals surface area contributed by atoms with Crippen molar-refractivity contribution in [2.24, 2.45) is 0 Å². The van der Waals surface area contributed by atoms with E-state index in [2.05, 4.69) is 20.9 Å². The Bertz CT molecular complexity index is 589. The van der Waals surface area contributed by atoms with Gasteiger partial charge in [-0.05, 0) is 34.1 Å². The highest BCUT2D eigenvalue weighted by Gasteiger charge is 2.07. The number of ether oxygens (including phenoxy) is 1. The zero-order valence-corrected chi connectivity index (χ0v) is 10.4. The lowest BCUT2D eigenvalue weighted by Gasteiger charge is -2.04. The lowest BCUT2D eigenvalue weighted by atomic mass is 10.3. The number of hydrogen-bond donors (Lipinski definition) is 0. The molecule has 0 amide bonds. The fraction of sp³-hybridized carbons (Fsp3) is 0. The molecule has 0 fully saturated rings. The largest absolute Gasteiger partial charge is 0.439 e. The third-order valence-corrected chi connectivity index (χ3v) is 2.65. The molecular weight excluding hydrogens is 307 g/mol. The van der Waals surface area contributed by atoms with Gasteiger partial charge in [0.05, 0.1) is 9.40 Å². The summed E-state index contributed by atoms with van der Waals surface area (Å²) in [4.78, 5) is 13.7. The molecule has 0 radical (unpaired) electrons. The Kier molecular flexibility index (Phi) is 3.52. The van der Waals surface area contributed by atoms with Crippen LogP contribution in [0.4, 0.5) is 10.1 Å². The molecule has 5 nitrogen and oxygen atoms in total.